The van der Waals surface area contributed by atoms with Crippen molar-refractivity contribution in [1.29, 1.82) is 0 Å². The summed E-state index contributed by atoms with van der Waals surface area (Å²) in [6, 6.07) is 1.80. The molecule has 0 radical (unpaired) electrons. The Hall–Kier alpha value is -1.99. The maximum atomic E-state index is 12.3. The standard InChI is InChI=1S/C12H16F3N3O2/c1-3-18(2)11(19)16-6-7-20-10-5-4-9(8-17-10)12(13,14)15/h4-5,8H,3,6-7H2,1-2H3,(H,16,19). The molecular weight excluding hydrogens is 275 g/mol. The molecule has 1 N–H and O–H groups in total. The Labute approximate surface area is 114 Å². The largest absolute Gasteiger partial charge is 0.476 e. The molecule has 2 amide bonds. The first kappa shape index (κ1) is 16.1. The van der Waals surface area contributed by atoms with Crippen molar-refractivity contribution in [2.24, 2.45) is 0 Å². The first-order valence-corrected chi connectivity index (χ1v) is 5.99. The molecular formula is C12H16F3N3O2. The Balaban J connectivity index is 2.34. The quantitative estimate of drug-likeness (QED) is 0.846. The molecule has 0 aliphatic rings. The fraction of sp³-hybridized carbons (Fsp3) is 0.500. The van der Waals surface area contributed by atoms with E-state index in [9.17, 15) is 18.0 Å². The molecule has 0 saturated carbocycles. The van der Waals surface area contributed by atoms with Gasteiger partial charge in [-0.1, -0.05) is 0 Å². The molecule has 0 saturated heterocycles. The Kier molecular flexibility index (Phi) is 5.60. The number of hydrogen-bond donors (Lipinski definition) is 1. The van der Waals surface area contributed by atoms with E-state index in [0.29, 0.717) is 12.7 Å². The number of pyridine rings is 1. The second kappa shape index (κ2) is 6.97. The monoisotopic (exact) mass is 291 g/mol. The SMILES string of the molecule is CCN(C)C(=O)NCCOc1ccc(C(F)(F)F)cn1. The van der Waals surface area contributed by atoms with E-state index in [1.807, 2.05) is 6.92 Å². The van der Waals surface area contributed by atoms with Gasteiger partial charge in [-0.15, -0.1) is 0 Å². The second-order valence-corrected chi connectivity index (χ2v) is 3.98. The number of alkyl halides is 3. The van der Waals surface area contributed by atoms with Crippen LogP contribution in [0.15, 0.2) is 18.3 Å². The zero-order valence-corrected chi connectivity index (χ0v) is 11.2. The fourth-order valence-corrected chi connectivity index (χ4v) is 1.23. The first-order chi connectivity index (χ1) is 9.34. The third kappa shape index (κ3) is 4.94. The van der Waals surface area contributed by atoms with Gasteiger partial charge in [-0.25, -0.2) is 9.78 Å². The Bertz CT molecular complexity index is 435. The van der Waals surface area contributed by atoms with Crippen LogP contribution < -0.4 is 10.1 Å². The lowest BCUT2D eigenvalue weighted by Gasteiger charge is -2.15. The van der Waals surface area contributed by atoms with Crippen molar-refractivity contribution in [1.82, 2.24) is 15.2 Å². The summed E-state index contributed by atoms with van der Waals surface area (Å²) in [5.41, 5.74) is -0.831. The van der Waals surface area contributed by atoms with E-state index >= 15 is 0 Å². The molecule has 1 aromatic heterocycles. The van der Waals surface area contributed by atoms with Gasteiger partial charge in [0.2, 0.25) is 5.88 Å². The van der Waals surface area contributed by atoms with Crippen LogP contribution in [-0.2, 0) is 6.18 Å². The summed E-state index contributed by atoms with van der Waals surface area (Å²) in [6.07, 6.45) is -3.71. The van der Waals surface area contributed by atoms with E-state index in [1.165, 1.54) is 4.90 Å². The van der Waals surface area contributed by atoms with Gasteiger partial charge in [0.1, 0.15) is 6.61 Å². The summed E-state index contributed by atoms with van der Waals surface area (Å²) in [7, 11) is 1.65. The number of aromatic nitrogens is 1. The summed E-state index contributed by atoms with van der Waals surface area (Å²) < 4.78 is 42.0. The number of amides is 2. The van der Waals surface area contributed by atoms with Crippen LogP contribution >= 0.6 is 0 Å². The molecule has 20 heavy (non-hydrogen) atoms. The molecule has 8 heteroatoms. The lowest BCUT2D eigenvalue weighted by Crippen LogP contribution is -2.38. The molecule has 0 fully saturated rings. The zero-order valence-electron chi connectivity index (χ0n) is 11.2. The van der Waals surface area contributed by atoms with Gasteiger partial charge in [0.25, 0.3) is 0 Å². The highest BCUT2D eigenvalue weighted by Gasteiger charge is 2.30. The van der Waals surface area contributed by atoms with Crippen molar-refractivity contribution in [3.8, 4) is 5.88 Å². The highest BCUT2D eigenvalue weighted by Crippen LogP contribution is 2.29. The number of nitrogens with zero attached hydrogens (tertiary/aromatic N) is 2. The van der Waals surface area contributed by atoms with E-state index in [2.05, 4.69) is 10.3 Å². The lowest BCUT2D eigenvalue weighted by molar-refractivity contribution is -0.137. The van der Waals surface area contributed by atoms with E-state index in [-0.39, 0.29) is 25.1 Å². The summed E-state index contributed by atoms with van der Waals surface area (Å²) >= 11 is 0. The first-order valence-electron chi connectivity index (χ1n) is 5.99. The second-order valence-electron chi connectivity index (χ2n) is 3.98. The van der Waals surface area contributed by atoms with Crippen LogP contribution in [0.2, 0.25) is 0 Å². The van der Waals surface area contributed by atoms with Crippen molar-refractivity contribution in [2.75, 3.05) is 26.7 Å². The highest BCUT2D eigenvalue weighted by molar-refractivity contribution is 5.73. The van der Waals surface area contributed by atoms with Crippen LogP contribution in [0.25, 0.3) is 0 Å². The molecule has 1 heterocycles. The predicted octanol–water partition coefficient (Wildman–Crippen LogP) is 2.14. The number of nitrogens with one attached hydrogen (secondary N) is 1. The zero-order chi connectivity index (χ0) is 15.2. The maximum Gasteiger partial charge on any atom is 0.417 e. The van der Waals surface area contributed by atoms with Crippen molar-refractivity contribution in [3.05, 3.63) is 23.9 Å². The van der Waals surface area contributed by atoms with Crippen LogP contribution in [-0.4, -0.2) is 42.7 Å². The predicted molar refractivity (Wildman–Crippen MR) is 66.4 cm³/mol. The van der Waals surface area contributed by atoms with Crippen LogP contribution in [0.1, 0.15) is 12.5 Å². The van der Waals surface area contributed by atoms with Gasteiger partial charge in [0, 0.05) is 25.9 Å². The summed E-state index contributed by atoms with van der Waals surface area (Å²) in [5.74, 6) is 0.0797. The molecule has 0 bridgehead atoms. The van der Waals surface area contributed by atoms with Gasteiger partial charge in [-0.05, 0) is 13.0 Å². The Morgan fingerprint density at radius 2 is 2.15 bits per heavy atom. The number of carbonyl (C=O) groups is 1. The third-order valence-corrected chi connectivity index (χ3v) is 2.51. The highest BCUT2D eigenvalue weighted by atomic mass is 19.4. The Morgan fingerprint density at radius 1 is 1.45 bits per heavy atom. The van der Waals surface area contributed by atoms with Gasteiger partial charge >= 0.3 is 12.2 Å². The molecule has 1 rings (SSSR count). The van der Waals surface area contributed by atoms with E-state index in [4.69, 9.17) is 4.74 Å². The molecule has 5 nitrogen and oxygen atoms in total. The van der Waals surface area contributed by atoms with Crippen LogP contribution in [0.3, 0.4) is 0 Å². The van der Waals surface area contributed by atoms with Crippen molar-refractivity contribution < 1.29 is 22.7 Å². The van der Waals surface area contributed by atoms with Gasteiger partial charge in [0.05, 0.1) is 12.1 Å². The van der Waals surface area contributed by atoms with E-state index in [1.54, 1.807) is 7.05 Å². The molecule has 1 aromatic rings. The van der Waals surface area contributed by atoms with Crippen LogP contribution in [0, 0.1) is 0 Å². The normalized spacial score (nSPS) is 11.1. The minimum atomic E-state index is -4.41. The minimum Gasteiger partial charge on any atom is -0.476 e. The molecule has 0 unspecified atom stereocenters. The minimum absolute atomic E-state index is 0.0797. The third-order valence-electron chi connectivity index (χ3n) is 2.51. The van der Waals surface area contributed by atoms with Gasteiger partial charge in [-0.2, -0.15) is 13.2 Å². The molecule has 0 aliphatic carbocycles. The average molecular weight is 291 g/mol. The fourth-order valence-electron chi connectivity index (χ4n) is 1.23. The summed E-state index contributed by atoms with van der Waals surface area (Å²) in [5, 5.41) is 2.59. The van der Waals surface area contributed by atoms with E-state index < -0.39 is 11.7 Å². The van der Waals surface area contributed by atoms with Crippen molar-refractivity contribution in [3.63, 3.8) is 0 Å². The van der Waals surface area contributed by atoms with Crippen molar-refractivity contribution in [2.45, 2.75) is 13.1 Å². The number of hydrogen-bond acceptors (Lipinski definition) is 3. The smallest absolute Gasteiger partial charge is 0.417 e. The lowest BCUT2D eigenvalue weighted by atomic mass is 10.3. The molecule has 112 valence electrons. The number of urea groups is 1. The van der Waals surface area contributed by atoms with Crippen LogP contribution in [0.5, 0.6) is 5.88 Å². The topological polar surface area (TPSA) is 54.5 Å². The molecule has 0 aromatic carbocycles. The van der Waals surface area contributed by atoms with Crippen LogP contribution in [0.4, 0.5) is 18.0 Å². The van der Waals surface area contributed by atoms with E-state index in [0.717, 1.165) is 12.1 Å². The number of halogens is 3. The number of carbonyl (C=O) groups excluding carboxylic acids is 1. The molecule has 0 atom stereocenters. The Morgan fingerprint density at radius 3 is 2.65 bits per heavy atom. The average Bonchev–Trinajstić information content (AvgIpc) is 2.42. The number of ether oxygens (including phenoxy) is 1. The maximum absolute atomic E-state index is 12.3. The summed E-state index contributed by atoms with van der Waals surface area (Å²) in [6.45, 7) is 2.78. The summed E-state index contributed by atoms with van der Waals surface area (Å²) in [4.78, 5) is 16.4. The molecule has 0 aliphatic heterocycles. The van der Waals surface area contributed by atoms with Crippen molar-refractivity contribution >= 4 is 6.03 Å². The van der Waals surface area contributed by atoms with Gasteiger partial charge in [-0.3, -0.25) is 0 Å². The molecule has 0 spiro atoms. The number of rotatable bonds is 5. The van der Waals surface area contributed by atoms with Gasteiger partial charge < -0.3 is 15.0 Å². The van der Waals surface area contributed by atoms with Gasteiger partial charge in [0.15, 0.2) is 0 Å².